The summed E-state index contributed by atoms with van der Waals surface area (Å²) >= 11 is 6.14. The minimum absolute atomic E-state index is 0.00847. The summed E-state index contributed by atoms with van der Waals surface area (Å²) < 4.78 is 17.2. The third-order valence-corrected chi connectivity index (χ3v) is 4.55. The highest BCUT2D eigenvalue weighted by molar-refractivity contribution is 6.32. The van der Waals surface area contributed by atoms with Gasteiger partial charge in [0.2, 0.25) is 0 Å². The lowest BCUT2D eigenvalue weighted by Gasteiger charge is -2.33. The normalized spacial score (nSPS) is 19.7. The molecule has 0 unspecified atom stereocenters. The molecule has 0 atom stereocenters. The molecule has 0 spiro atoms. The third kappa shape index (κ3) is 7.20. The molecule has 0 aliphatic carbocycles. The lowest BCUT2D eigenvalue weighted by Crippen LogP contribution is -2.40. The fraction of sp³-hybridized carbons (Fsp3) is 0.611. The smallest absolute Gasteiger partial charge is 0.290 e. The Morgan fingerprint density at radius 2 is 1.88 bits per heavy atom. The van der Waals surface area contributed by atoms with Crippen LogP contribution in [0.15, 0.2) is 24.3 Å². The summed E-state index contributed by atoms with van der Waals surface area (Å²) in [6.07, 6.45) is 4.30. The van der Waals surface area contributed by atoms with Crippen molar-refractivity contribution in [2.45, 2.75) is 38.1 Å². The Labute approximate surface area is 153 Å². The Bertz CT molecular complexity index is 502. The molecule has 2 aliphatic rings. The van der Waals surface area contributed by atoms with E-state index < -0.39 is 0 Å². The number of rotatable bonds is 5. The minimum atomic E-state index is -0.250. The first-order valence-electron chi connectivity index (χ1n) is 8.67. The van der Waals surface area contributed by atoms with Gasteiger partial charge in [0.05, 0.1) is 18.2 Å². The van der Waals surface area contributed by atoms with Gasteiger partial charge in [0.1, 0.15) is 11.9 Å². The first-order chi connectivity index (χ1) is 12.2. The molecule has 0 aromatic heterocycles. The van der Waals surface area contributed by atoms with E-state index in [1.165, 1.54) is 0 Å². The molecule has 3 rings (SSSR count). The van der Waals surface area contributed by atoms with Crippen LogP contribution in [0, 0.1) is 0 Å². The van der Waals surface area contributed by atoms with Crippen molar-refractivity contribution in [1.82, 2.24) is 4.90 Å². The summed E-state index contributed by atoms with van der Waals surface area (Å²) in [4.78, 5) is 10.8. The summed E-state index contributed by atoms with van der Waals surface area (Å²) in [6, 6.07) is 7.69. The van der Waals surface area contributed by atoms with Crippen molar-refractivity contribution in [2.75, 3.05) is 32.8 Å². The van der Waals surface area contributed by atoms with Crippen molar-refractivity contribution in [2.24, 2.45) is 0 Å². The van der Waals surface area contributed by atoms with Crippen molar-refractivity contribution in [3.63, 3.8) is 0 Å². The number of carboxylic acid groups (broad SMARTS) is 1. The minimum Gasteiger partial charge on any atom is -0.489 e. The van der Waals surface area contributed by atoms with E-state index in [1.807, 2.05) is 24.3 Å². The van der Waals surface area contributed by atoms with Crippen molar-refractivity contribution in [3.05, 3.63) is 29.3 Å². The Hall–Kier alpha value is -1.34. The second kappa shape index (κ2) is 11.3. The SMILES string of the molecule is Clc1ccccc1OC1CCN(CCC2OCCCO2)CC1.O=CO. The predicted octanol–water partition coefficient (Wildman–Crippen LogP) is 3.04. The summed E-state index contributed by atoms with van der Waals surface area (Å²) in [6.45, 7) is 4.56. The maximum atomic E-state index is 8.36. The number of halogens is 1. The van der Waals surface area contributed by atoms with E-state index in [0.717, 1.165) is 64.3 Å². The van der Waals surface area contributed by atoms with E-state index in [0.29, 0.717) is 5.02 Å². The van der Waals surface area contributed by atoms with Crippen LogP contribution in [0.5, 0.6) is 5.75 Å². The maximum Gasteiger partial charge on any atom is 0.290 e. The fourth-order valence-electron chi connectivity index (χ4n) is 2.96. The van der Waals surface area contributed by atoms with Crippen molar-refractivity contribution in [1.29, 1.82) is 0 Å². The molecule has 0 saturated carbocycles. The number of likely N-dealkylation sites (tertiary alicyclic amines) is 1. The van der Waals surface area contributed by atoms with Gasteiger partial charge in [-0.2, -0.15) is 0 Å². The molecule has 1 aromatic rings. The number of ether oxygens (including phenoxy) is 3. The van der Waals surface area contributed by atoms with Gasteiger partial charge in [-0.25, -0.2) is 0 Å². The van der Waals surface area contributed by atoms with Crippen LogP contribution in [-0.2, 0) is 14.3 Å². The summed E-state index contributed by atoms with van der Waals surface area (Å²) in [5.74, 6) is 0.798. The molecule has 1 N–H and O–H groups in total. The van der Waals surface area contributed by atoms with Crippen molar-refractivity contribution in [3.8, 4) is 5.75 Å². The first-order valence-corrected chi connectivity index (χ1v) is 9.05. The lowest BCUT2D eigenvalue weighted by molar-refractivity contribution is -0.183. The Kier molecular flexibility index (Phi) is 9.04. The molecule has 6 nitrogen and oxygen atoms in total. The van der Waals surface area contributed by atoms with Crippen LogP contribution in [0.2, 0.25) is 5.02 Å². The molecular formula is C18H26ClNO5. The maximum absolute atomic E-state index is 8.36. The second-order valence-corrected chi connectivity index (χ2v) is 6.42. The topological polar surface area (TPSA) is 68.2 Å². The quantitative estimate of drug-likeness (QED) is 0.802. The predicted molar refractivity (Wildman–Crippen MR) is 95.2 cm³/mol. The average molecular weight is 372 g/mol. The zero-order chi connectivity index (χ0) is 17.9. The highest BCUT2D eigenvalue weighted by atomic mass is 35.5. The second-order valence-electron chi connectivity index (χ2n) is 6.01. The van der Waals surface area contributed by atoms with E-state index >= 15 is 0 Å². The molecule has 0 amide bonds. The van der Waals surface area contributed by atoms with Gasteiger partial charge in [0, 0.05) is 26.1 Å². The number of hydrogen-bond donors (Lipinski definition) is 1. The van der Waals surface area contributed by atoms with Crippen LogP contribution in [0.4, 0.5) is 0 Å². The molecule has 2 fully saturated rings. The molecule has 0 bridgehead atoms. The van der Waals surface area contributed by atoms with Crippen LogP contribution >= 0.6 is 11.6 Å². The van der Waals surface area contributed by atoms with Crippen LogP contribution in [0.1, 0.15) is 25.7 Å². The number of nitrogens with zero attached hydrogens (tertiary/aromatic N) is 1. The highest BCUT2D eigenvalue weighted by Gasteiger charge is 2.22. The number of hydrogen-bond acceptors (Lipinski definition) is 5. The van der Waals surface area contributed by atoms with Gasteiger partial charge in [-0.1, -0.05) is 23.7 Å². The van der Waals surface area contributed by atoms with Gasteiger partial charge in [-0.3, -0.25) is 4.79 Å². The largest absolute Gasteiger partial charge is 0.489 e. The van der Waals surface area contributed by atoms with Gasteiger partial charge in [0.25, 0.3) is 6.47 Å². The molecule has 2 heterocycles. The first kappa shape index (κ1) is 20.0. The molecule has 140 valence electrons. The molecule has 0 radical (unpaired) electrons. The van der Waals surface area contributed by atoms with E-state index in [2.05, 4.69) is 4.90 Å². The molecular weight excluding hydrogens is 346 g/mol. The van der Waals surface area contributed by atoms with Gasteiger partial charge in [-0.05, 0) is 31.4 Å². The van der Waals surface area contributed by atoms with Crippen molar-refractivity contribution >= 4 is 18.1 Å². The Balaban J connectivity index is 0.000000701. The van der Waals surface area contributed by atoms with Gasteiger partial charge < -0.3 is 24.2 Å². The van der Waals surface area contributed by atoms with E-state index in [9.17, 15) is 0 Å². The fourth-order valence-corrected chi connectivity index (χ4v) is 3.14. The van der Waals surface area contributed by atoms with Gasteiger partial charge in [-0.15, -0.1) is 0 Å². The summed E-state index contributed by atoms with van der Waals surface area (Å²) in [5, 5.41) is 7.58. The number of benzene rings is 1. The Morgan fingerprint density at radius 1 is 1.24 bits per heavy atom. The Morgan fingerprint density at radius 3 is 2.52 bits per heavy atom. The van der Waals surface area contributed by atoms with Crippen LogP contribution in [0.3, 0.4) is 0 Å². The standard InChI is InChI=1S/C17H24ClNO3.CH2O2/c18-15-4-1-2-5-16(15)22-14-6-9-19(10-7-14)11-8-17-20-12-3-13-21-17;2-1-3/h1-2,4-5,14,17H,3,6-13H2;1H,(H,2,3). The van der Waals surface area contributed by atoms with Crippen molar-refractivity contribution < 1.29 is 24.1 Å². The lowest BCUT2D eigenvalue weighted by atomic mass is 10.1. The monoisotopic (exact) mass is 371 g/mol. The number of carbonyl (C=O) groups is 1. The molecule has 25 heavy (non-hydrogen) atoms. The average Bonchev–Trinajstić information content (AvgIpc) is 2.65. The molecule has 2 saturated heterocycles. The van der Waals surface area contributed by atoms with Crippen LogP contribution < -0.4 is 4.74 Å². The van der Waals surface area contributed by atoms with Crippen LogP contribution in [-0.4, -0.2) is 61.7 Å². The number of para-hydroxylation sites is 1. The van der Waals surface area contributed by atoms with Gasteiger partial charge in [0.15, 0.2) is 6.29 Å². The molecule has 7 heteroatoms. The summed E-state index contributed by atoms with van der Waals surface area (Å²) in [5.41, 5.74) is 0. The number of piperidine rings is 1. The van der Waals surface area contributed by atoms with Gasteiger partial charge >= 0.3 is 0 Å². The zero-order valence-electron chi connectivity index (χ0n) is 14.3. The zero-order valence-corrected chi connectivity index (χ0v) is 15.1. The highest BCUT2D eigenvalue weighted by Crippen LogP contribution is 2.26. The van der Waals surface area contributed by atoms with Crippen LogP contribution in [0.25, 0.3) is 0 Å². The summed E-state index contributed by atoms with van der Waals surface area (Å²) in [7, 11) is 0. The van der Waals surface area contributed by atoms with E-state index in [4.69, 9.17) is 35.7 Å². The molecule has 2 aliphatic heterocycles. The molecule has 1 aromatic carbocycles. The third-order valence-electron chi connectivity index (χ3n) is 4.24. The van der Waals surface area contributed by atoms with E-state index in [-0.39, 0.29) is 18.9 Å². The van der Waals surface area contributed by atoms with E-state index in [1.54, 1.807) is 0 Å².